The summed E-state index contributed by atoms with van der Waals surface area (Å²) in [4.78, 5) is 0. The minimum atomic E-state index is -0.194. The van der Waals surface area contributed by atoms with Crippen LogP contribution in [-0.2, 0) is 14.6 Å². The molecule has 0 aliphatic heterocycles. The summed E-state index contributed by atoms with van der Waals surface area (Å²) in [5.41, 5.74) is 0. The lowest BCUT2D eigenvalue weighted by molar-refractivity contribution is -0.113. The highest BCUT2D eigenvalue weighted by atomic mass is 16.7. The van der Waals surface area contributed by atoms with E-state index in [-0.39, 0.29) is 19.5 Å². The van der Waals surface area contributed by atoms with Crippen molar-refractivity contribution in [3.63, 3.8) is 0 Å². The Morgan fingerprint density at radius 2 is 2.09 bits per heavy atom. The number of methoxy groups -OCH3 is 1. The van der Waals surface area contributed by atoms with E-state index in [0.717, 1.165) is 6.42 Å². The molecular weight excluding hydrogens is 144 g/mol. The fraction of sp³-hybridized carbons (Fsp3) is 1.00. The lowest BCUT2D eigenvalue weighted by atomic mass is 10.0. The Morgan fingerprint density at radius 1 is 1.45 bits per heavy atom. The van der Waals surface area contributed by atoms with Crippen molar-refractivity contribution in [1.82, 2.24) is 0 Å². The molecule has 0 spiro atoms. The summed E-state index contributed by atoms with van der Waals surface area (Å²) in [6, 6.07) is 0. The van der Waals surface area contributed by atoms with Crippen LogP contribution in [-0.4, -0.2) is 26.6 Å². The van der Waals surface area contributed by atoms with Gasteiger partial charge in [0.2, 0.25) is 0 Å². The molecule has 0 aromatic carbocycles. The van der Waals surface area contributed by atoms with Gasteiger partial charge in [0, 0.05) is 7.11 Å². The number of rotatable bonds is 6. The number of hydrogen-bond acceptors (Lipinski definition) is 2. The molecule has 0 aromatic rings. The molecule has 0 aliphatic rings. The molecule has 0 bridgehead atoms. The van der Waals surface area contributed by atoms with Gasteiger partial charge in [-0.05, 0) is 5.92 Å². The summed E-state index contributed by atoms with van der Waals surface area (Å²) >= 11 is 0. The zero-order valence-corrected chi connectivity index (χ0v) is 7.50. The van der Waals surface area contributed by atoms with Crippen LogP contribution in [0.5, 0.6) is 0 Å². The Hall–Kier alpha value is -0.120. The van der Waals surface area contributed by atoms with Gasteiger partial charge >= 0.3 is 0 Å². The first-order valence-corrected chi connectivity index (χ1v) is 3.94. The number of ether oxygens (including phenoxy) is 2. The highest BCUT2D eigenvalue weighted by Crippen LogP contribution is 2.10. The van der Waals surface area contributed by atoms with E-state index in [4.69, 9.17) is 9.47 Å². The summed E-state index contributed by atoms with van der Waals surface area (Å²) in [6.45, 7) is 4.09. The monoisotopic (exact) mass is 161 g/mol. The quantitative estimate of drug-likeness (QED) is 0.553. The molecule has 0 N–H and O–H groups in total. The first-order valence-electron chi connectivity index (χ1n) is 3.94. The van der Waals surface area contributed by atoms with Gasteiger partial charge < -0.3 is 9.47 Å². The van der Waals surface area contributed by atoms with Crippen LogP contribution in [0, 0.1) is 5.92 Å². The molecule has 0 aliphatic carbocycles. The molecular formula is C8H17O3. The van der Waals surface area contributed by atoms with Gasteiger partial charge in [-0.2, -0.15) is 0 Å². The van der Waals surface area contributed by atoms with Crippen LogP contribution in [0.15, 0.2) is 0 Å². The van der Waals surface area contributed by atoms with Gasteiger partial charge in [0.15, 0.2) is 0 Å². The largest absolute Gasteiger partial charge is 0.359 e. The molecule has 0 saturated carbocycles. The van der Waals surface area contributed by atoms with Crippen molar-refractivity contribution in [2.75, 3.05) is 20.5 Å². The Balaban J connectivity index is 3.56. The minimum absolute atomic E-state index is 0.182. The van der Waals surface area contributed by atoms with E-state index in [1.165, 1.54) is 0 Å². The fourth-order valence-corrected chi connectivity index (χ4v) is 0.795. The van der Waals surface area contributed by atoms with Crippen molar-refractivity contribution in [3.05, 3.63) is 0 Å². The average Bonchev–Trinajstić information content (AvgIpc) is 2.05. The van der Waals surface area contributed by atoms with Gasteiger partial charge in [0.25, 0.3) is 0 Å². The first kappa shape index (κ1) is 10.9. The van der Waals surface area contributed by atoms with E-state index < -0.39 is 0 Å². The van der Waals surface area contributed by atoms with E-state index in [1.807, 2.05) is 13.8 Å². The van der Waals surface area contributed by atoms with Crippen molar-refractivity contribution in [3.8, 4) is 0 Å². The molecule has 0 heterocycles. The molecule has 0 saturated heterocycles. The van der Waals surface area contributed by atoms with Crippen LogP contribution < -0.4 is 0 Å². The second-order valence-corrected chi connectivity index (χ2v) is 2.66. The summed E-state index contributed by atoms with van der Waals surface area (Å²) in [5.74, 6) is 0.322. The standard InChI is InChI=1S/C8H17O3/c1-4-7(2)8(5-9)11-6-10-3/h7-8H,4-6H2,1-3H3. The molecule has 0 amide bonds. The van der Waals surface area contributed by atoms with Crippen molar-refractivity contribution in [1.29, 1.82) is 0 Å². The maximum Gasteiger partial charge on any atom is 0.146 e. The van der Waals surface area contributed by atoms with Crippen LogP contribution in [0.2, 0.25) is 0 Å². The third-order valence-corrected chi connectivity index (χ3v) is 1.84. The maximum atomic E-state index is 10.6. The smallest absolute Gasteiger partial charge is 0.146 e. The highest BCUT2D eigenvalue weighted by molar-refractivity contribution is 4.62. The van der Waals surface area contributed by atoms with Gasteiger partial charge in [-0.3, -0.25) is 0 Å². The zero-order chi connectivity index (χ0) is 8.69. The topological polar surface area (TPSA) is 38.4 Å². The lowest BCUT2D eigenvalue weighted by Crippen LogP contribution is -2.25. The lowest BCUT2D eigenvalue weighted by Gasteiger charge is -2.19. The third-order valence-electron chi connectivity index (χ3n) is 1.84. The van der Waals surface area contributed by atoms with Crippen molar-refractivity contribution < 1.29 is 14.6 Å². The van der Waals surface area contributed by atoms with Crippen LogP contribution in [0.25, 0.3) is 0 Å². The van der Waals surface area contributed by atoms with Crippen LogP contribution >= 0.6 is 0 Å². The van der Waals surface area contributed by atoms with E-state index in [1.54, 1.807) is 7.11 Å². The predicted molar refractivity (Wildman–Crippen MR) is 41.8 cm³/mol. The molecule has 11 heavy (non-hydrogen) atoms. The van der Waals surface area contributed by atoms with E-state index in [9.17, 15) is 5.11 Å². The zero-order valence-electron chi connectivity index (χ0n) is 7.50. The SMILES string of the molecule is CCC(C)C(C[O])OCOC. The maximum absolute atomic E-state index is 10.6. The van der Waals surface area contributed by atoms with E-state index >= 15 is 0 Å². The van der Waals surface area contributed by atoms with Gasteiger partial charge in [-0.25, -0.2) is 5.11 Å². The third kappa shape index (κ3) is 4.35. The Bertz CT molecular complexity index is 85.4. The van der Waals surface area contributed by atoms with Crippen LogP contribution in [0.1, 0.15) is 20.3 Å². The second-order valence-electron chi connectivity index (χ2n) is 2.66. The highest BCUT2D eigenvalue weighted by Gasteiger charge is 2.15. The molecule has 2 atom stereocenters. The summed E-state index contributed by atoms with van der Waals surface area (Å²) in [7, 11) is 1.55. The van der Waals surface area contributed by atoms with Crippen molar-refractivity contribution >= 4 is 0 Å². The van der Waals surface area contributed by atoms with E-state index in [0.29, 0.717) is 5.92 Å². The van der Waals surface area contributed by atoms with E-state index in [2.05, 4.69) is 0 Å². The van der Waals surface area contributed by atoms with Gasteiger partial charge in [0.05, 0.1) is 6.10 Å². The van der Waals surface area contributed by atoms with Crippen molar-refractivity contribution in [2.24, 2.45) is 5.92 Å². The molecule has 2 unspecified atom stereocenters. The van der Waals surface area contributed by atoms with Crippen molar-refractivity contribution in [2.45, 2.75) is 26.4 Å². The normalized spacial score (nSPS) is 16.4. The summed E-state index contributed by atoms with van der Waals surface area (Å²) in [5, 5.41) is 10.6. The fourth-order valence-electron chi connectivity index (χ4n) is 0.795. The molecule has 67 valence electrons. The Morgan fingerprint density at radius 3 is 2.45 bits per heavy atom. The molecule has 3 nitrogen and oxygen atoms in total. The summed E-state index contributed by atoms with van der Waals surface area (Å²) in [6.07, 6.45) is 0.774. The first-order chi connectivity index (χ1) is 5.26. The van der Waals surface area contributed by atoms with Gasteiger partial charge in [-0.15, -0.1) is 0 Å². The minimum Gasteiger partial charge on any atom is -0.359 e. The number of hydrogen-bond donors (Lipinski definition) is 0. The Kier molecular flexibility index (Phi) is 6.51. The molecule has 0 rings (SSSR count). The second kappa shape index (κ2) is 6.58. The molecule has 3 heteroatoms. The average molecular weight is 161 g/mol. The van der Waals surface area contributed by atoms with Gasteiger partial charge in [0.1, 0.15) is 13.4 Å². The Labute approximate surface area is 68.3 Å². The van der Waals surface area contributed by atoms with Crippen LogP contribution in [0.3, 0.4) is 0 Å². The predicted octanol–water partition coefficient (Wildman–Crippen LogP) is 1.45. The molecule has 0 fully saturated rings. The van der Waals surface area contributed by atoms with Crippen LogP contribution in [0.4, 0.5) is 0 Å². The molecule has 1 radical (unpaired) electrons. The van der Waals surface area contributed by atoms with Gasteiger partial charge in [-0.1, -0.05) is 20.3 Å². The summed E-state index contributed by atoms with van der Waals surface area (Å²) < 4.78 is 9.87. The molecule has 0 aromatic heterocycles.